The maximum absolute atomic E-state index is 12.8. The summed E-state index contributed by atoms with van der Waals surface area (Å²) in [4.78, 5) is 12.8. The molecular formula is C53H83NO8. The van der Waals surface area contributed by atoms with Gasteiger partial charge in [0.15, 0.2) is 6.29 Å². The van der Waals surface area contributed by atoms with Gasteiger partial charge >= 0.3 is 0 Å². The van der Waals surface area contributed by atoms with Crippen LogP contribution in [0.15, 0.2) is 134 Å². The second-order valence-electron chi connectivity index (χ2n) is 15.5. The number of carbonyl (C=O) groups is 1. The molecule has 0 radical (unpaired) electrons. The van der Waals surface area contributed by atoms with E-state index in [4.69, 9.17) is 9.47 Å². The second-order valence-corrected chi connectivity index (χ2v) is 15.5. The lowest BCUT2D eigenvalue weighted by molar-refractivity contribution is -0.302. The van der Waals surface area contributed by atoms with E-state index < -0.39 is 49.5 Å². The van der Waals surface area contributed by atoms with E-state index in [0.717, 1.165) is 109 Å². The summed E-state index contributed by atoms with van der Waals surface area (Å²) in [7, 11) is 0. The van der Waals surface area contributed by atoms with Crippen molar-refractivity contribution in [1.82, 2.24) is 5.32 Å². The summed E-state index contributed by atoms with van der Waals surface area (Å²) >= 11 is 0. The number of carbonyl (C=O) groups excluding carboxylic acids is 1. The third-order valence-electron chi connectivity index (χ3n) is 9.98. The Balaban J connectivity index is 2.14. The predicted molar refractivity (Wildman–Crippen MR) is 257 cm³/mol. The molecule has 0 aliphatic carbocycles. The highest BCUT2D eigenvalue weighted by Crippen LogP contribution is 2.22. The molecule has 1 saturated heterocycles. The van der Waals surface area contributed by atoms with Crippen molar-refractivity contribution in [2.75, 3.05) is 13.2 Å². The van der Waals surface area contributed by atoms with Crippen LogP contribution in [0, 0.1) is 0 Å². The van der Waals surface area contributed by atoms with Crippen molar-refractivity contribution in [3.8, 4) is 0 Å². The molecule has 0 bridgehead atoms. The molecule has 1 amide bonds. The van der Waals surface area contributed by atoms with Crippen LogP contribution in [0.25, 0.3) is 0 Å². The molecule has 62 heavy (non-hydrogen) atoms. The van der Waals surface area contributed by atoms with Crippen LogP contribution < -0.4 is 5.32 Å². The normalized spacial score (nSPS) is 21.6. The molecule has 0 spiro atoms. The Morgan fingerprint density at radius 2 is 1.00 bits per heavy atom. The summed E-state index contributed by atoms with van der Waals surface area (Å²) < 4.78 is 11.1. The zero-order valence-corrected chi connectivity index (χ0v) is 38.1. The Labute approximate surface area is 375 Å². The summed E-state index contributed by atoms with van der Waals surface area (Å²) in [6, 6.07) is -0.824. The van der Waals surface area contributed by atoms with Gasteiger partial charge in [-0.1, -0.05) is 173 Å². The van der Waals surface area contributed by atoms with Crippen molar-refractivity contribution in [3.63, 3.8) is 0 Å². The van der Waals surface area contributed by atoms with E-state index in [2.05, 4.69) is 141 Å². The third-order valence-corrected chi connectivity index (χ3v) is 9.98. The monoisotopic (exact) mass is 862 g/mol. The number of hydrogen-bond donors (Lipinski definition) is 6. The van der Waals surface area contributed by atoms with Gasteiger partial charge in [0, 0.05) is 6.42 Å². The highest BCUT2D eigenvalue weighted by atomic mass is 16.7. The SMILES string of the molecule is CC/C=C\C/C=C\C/C=C\C/C=C\C/C=C\C/C=C\C/C=C\C/C=C\C/C=C\C/C=C\CCCCCCC(=O)NC(COC1OC(CO)C(O)C(O)C1O)C(O)/C=C/CCCC. The van der Waals surface area contributed by atoms with E-state index in [1.807, 2.05) is 6.08 Å². The number of rotatable bonds is 36. The molecule has 1 aliphatic heterocycles. The van der Waals surface area contributed by atoms with Gasteiger partial charge in [-0.15, -0.1) is 0 Å². The maximum atomic E-state index is 12.8. The molecule has 1 rings (SSSR count). The minimum atomic E-state index is -1.58. The standard InChI is InChI=1S/C53H83NO8/c1-3-5-7-9-10-11-12-13-14-15-16-17-18-19-20-21-22-23-24-25-26-27-28-29-30-31-32-33-34-35-36-37-38-39-41-43-49(57)54-46(47(56)42-40-8-6-4-2)45-61-53-52(60)51(59)50(58)48(44-55)62-53/h5,7,10-11,13-14,16-17,19-20,22-23,25-26,28-29,31-32,34-35,40,42,46-48,50-53,55-56,58-60H,3-4,6,8-9,12,15,18,21,24,27,30,33,36-39,41,43-45H2,1-2H3,(H,54,57)/b7-5-,11-10-,14-13-,17-16-,20-19-,23-22-,26-25-,29-28-,32-31-,35-34-,42-40+. The number of unbranched alkanes of at least 4 members (excludes halogenated alkanes) is 6. The zero-order chi connectivity index (χ0) is 45.1. The van der Waals surface area contributed by atoms with Gasteiger partial charge in [-0.05, 0) is 89.9 Å². The first-order chi connectivity index (χ1) is 30.3. The fraction of sp³-hybridized carbons (Fsp3) is 0.566. The molecule has 1 fully saturated rings. The van der Waals surface area contributed by atoms with Gasteiger partial charge in [0.1, 0.15) is 24.4 Å². The molecule has 0 aromatic heterocycles. The number of hydrogen-bond acceptors (Lipinski definition) is 8. The van der Waals surface area contributed by atoms with Crippen LogP contribution in [-0.2, 0) is 14.3 Å². The molecule has 7 unspecified atom stereocenters. The Bertz CT molecular complexity index is 1420. The van der Waals surface area contributed by atoms with Gasteiger partial charge < -0.3 is 40.3 Å². The van der Waals surface area contributed by atoms with Crippen LogP contribution in [0.4, 0.5) is 0 Å². The number of nitrogens with one attached hydrogen (secondary N) is 1. The van der Waals surface area contributed by atoms with E-state index in [0.29, 0.717) is 12.8 Å². The molecule has 1 aliphatic rings. The molecule has 0 saturated carbocycles. The van der Waals surface area contributed by atoms with Crippen LogP contribution >= 0.6 is 0 Å². The predicted octanol–water partition coefficient (Wildman–Crippen LogP) is 10.2. The van der Waals surface area contributed by atoms with Crippen molar-refractivity contribution < 1.29 is 39.8 Å². The van der Waals surface area contributed by atoms with Gasteiger partial charge in [-0.2, -0.15) is 0 Å². The van der Waals surface area contributed by atoms with E-state index >= 15 is 0 Å². The smallest absolute Gasteiger partial charge is 0.220 e. The number of amides is 1. The average Bonchev–Trinajstić information content (AvgIpc) is 3.27. The molecule has 1 heterocycles. The Kier molecular flexibility index (Phi) is 37.6. The first-order valence-electron chi connectivity index (χ1n) is 23.4. The zero-order valence-electron chi connectivity index (χ0n) is 38.1. The lowest BCUT2D eigenvalue weighted by Crippen LogP contribution is -2.60. The summed E-state index contributed by atoms with van der Waals surface area (Å²) in [5, 5.41) is 53.5. The molecule has 0 aromatic carbocycles. The Morgan fingerprint density at radius 3 is 1.45 bits per heavy atom. The van der Waals surface area contributed by atoms with Gasteiger partial charge in [-0.25, -0.2) is 0 Å². The third kappa shape index (κ3) is 31.2. The van der Waals surface area contributed by atoms with Crippen molar-refractivity contribution in [2.24, 2.45) is 0 Å². The quantitative estimate of drug-likeness (QED) is 0.0269. The summed E-state index contributed by atoms with van der Waals surface area (Å²) in [6.45, 7) is 3.45. The average molecular weight is 862 g/mol. The number of allylic oxidation sites excluding steroid dienone is 21. The lowest BCUT2D eigenvalue weighted by atomic mass is 9.99. The minimum Gasteiger partial charge on any atom is -0.394 e. The molecule has 0 aromatic rings. The fourth-order valence-corrected chi connectivity index (χ4v) is 6.22. The van der Waals surface area contributed by atoms with E-state index in [1.54, 1.807) is 6.08 Å². The van der Waals surface area contributed by atoms with E-state index in [-0.39, 0.29) is 12.5 Å². The van der Waals surface area contributed by atoms with Crippen LogP contribution in [0.3, 0.4) is 0 Å². The Hall–Kier alpha value is -3.67. The first kappa shape index (κ1) is 56.3. The molecule has 9 nitrogen and oxygen atoms in total. The van der Waals surface area contributed by atoms with Gasteiger partial charge in [0.25, 0.3) is 0 Å². The van der Waals surface area contributed by atoms with Crippen LogP contribution in [0.1, 0.15) is 136 Å². The fourth-order valence-electron chi connectivity index (χ4n) is 6.22. The van der Waals surface area contributed by atoms with Crippen LogP contribution in [-0.4, -0.2) is 87.5 Å². The number of aliphatic hydroxyl groups is 5. The van der Waals surface area contributed by atoms with E-state index in [9.17, 15) is 30.3 Å². The molecular weight excluding hydrogens is 779 g/mol. The Morgan fingerprint density at radius 1 is 0.565 bits per heavy atom. The lowest BCUT2D eigenvalue weighted by Gasteiger charge is -2.40. The second kappa shape index (κ2) is 41.3. The van der Waals surface area contributed by atoms with Gasteiger partial charge in [0.2, 0.25) is 5.91 Å². The minimum absolute atomic E-state index is 0.212. The number of ether oxygens (including phenoxy) is 2. The summed E-state index contributed by atoms with van der Waals surface area (Å²) in [6.07, 6.45) is 57.2. The van der Waals surface area contributed by atoms with Crippen LogP contribution in [0.2, 0.25) is 0 Å². The van der Waals surface area contributed by atoms with Crippen molar-refractivity contribution in [3.05, 3.63) is 134 Å². The van der Waals surface area contributed by atoms with Crippen molar-refractivity contribution in [1.29, 1.82) is 0 Å². The largest absolute Gasteiger partial charge is 0.394 e. The summed E-state index contributed by atoms with van der Waals surface area (Å²) in [5.41, 5.74) is 0. The molecule has 9 heteroatoms. The van der Waals surface area contributed by atoms with Crippen molar-refractivity contribution in [2.45, 2.75) is 179 Å². The molecule has 6 N–H and O–H groups in total. The highest BCUT2D eigenvalue weighted by molar-refractivity contribution is 5.76. The number of aliphatic hydroxyl groups excluding tert-OH is 5. The first-order valence-corrected chi connectivity index (χ1v) is 23.4. The van der Waals surface area contributed by atoms with Gasteiger partial charge in [0.05, 0.1) is 25.4 Å². The van der Waals surface area contributed by atoms with Gasteiger partial charge in [-0.3, -0.25) is 4.79 Å². The topological polar surface area (TPSA) is 149 Å². The highest BCUT2D eigenvalue weighted by Gasteiger charge is 2.44. The maximum Gasteiger partial charge on any atom is 0.220 e. The van der Waals surface area contributed by atoms with Crippen LogP contribution in [0.5, 0.6) is 0 Å². The van der Waals surface area contributed by atoms with Crippen molar-refractivity contribution >= 4 is 5.91 Å². The molecule has 7 atom stereocenters. The molecule has 348 valence electrons. The summed E-state index contributed by atoms with van der Waals surface area (Å²) in [5.74, 6) is -0.219. The van der Waals surface area contributed by atoms with E-state index in [1.165, 1.54) is 0 Å².